The van der Waals surface area contributed by atoms with Crippen LogP contribution in [0.3, 0.4) is 0 Å². The molecule has 1 aliphatic rings. The third-order valence-corrected chi connectivity index (χ3v) is 4.93. The Morgan fingerprint density at radius 3 is 2.71 bits per heavy atom. The minimum absolute atomic E-state index is 0.0823. The Morgan fingerprint density at radius 2 is 1.97 bits per heavy atom. The lowest BCUT2D eigenvalue weighted by Crippen LogP contribution is -2.16. The number of hydrogen-bond acceptors (Lipinski definition) is 6. The molecule has 4 rings (SSSR count). The quantitative estimate of drug-likeness (QED) is 0.685. The molecule has 0 saturated heterocycles. The van der Waals surface area contributed by atoms with Gasteiger partial charge in [0.1, 0.15) is 5.82 Å². The number of aromatic nitrogens is 3. The second-order valence-electron chi connectivity index (χ2n) is 7.92. The number of rotatable bonds is 5. The molecule has 2 aromatic carbocycles. The molecule has 1 amide bonds. The average Bonchev–Trinajstić information content (AvgIpc) is 3.09. The molecule has 0 fully saturated rings. The molecule has 0 radical (unpaired) electrons. The molecule has 0 spiro atoms. The minimum Gasteiger partial charge on any atom is -0.375 e. The van der Waals surface area contributed by atoms with Gasteiger partial charge in [-0.1, -0.05) is 17.3 Å². The lowest BCUT2D eigenvalue weighted by molar-refractivity contribution is -0.115. The third-order valence-electron chi connectivity index (χ3n) is 4.93. The van der Waals surface area contributed by atoms with Crippen molar-refractivity contribution in [2.24, 2.45) is 4.99 Å². The van der Waals surface area contributed by atoms with Gasteiger partial charge in [0.25, 0.3) is 0 Å². The lowest BCUT2D eigenvalue weighted by atomic mass is 10.1. The van der Waals surface area contributed by atoms with Crippen molar-refractivity contribution in [1.82, 2.24) is 19.9 Å². The lowest BCUT2D eigenvalue weighted by Gasteiger charge is -2.15. The number of nitrogens with zero attached hydrogens (tertiary/aromatic N) is 6. The van der Waals surface area contributed by atoms with Crippen molar-refractivity contribution in [3.63, 3.8) is 0 Å². The fourth-order valence-corrected chi connectivity index (χ4v) is 3.51. The van der Waals surface area contributed by atoms with Gasteiger partial charge in [0, 0.05) is 26.7 Å². The molecule has 1 N–H and O–H groups in total. The number of anilines is 2. The Hall–Kier alpha value is -3.59. The first-order valence-corrected chi connectivity index (χ1v) is 9.85. The average molecular weight is 421 g/mol. The number of aliphatic imine (C=N–C) groups is 1. The van der Waals surface area contributed by atoms with Crippen molar-refractivity contribution in [3.8, 4) is 5.69 Å². The number of carbonyl (C=O) groups is 1. The number of nitrogens with one attached hydrogen (secondary N) is 1. The first kappa shape index (κ1) is 20.7. The zero-order valence-electron chi connectivity index (χ0n) is 17.9. The molecule has 0 saturated carbocycles. The standard InChI is InChI=1S/C22H24FN7O/c1-28(2)13-16-12-24-27-30(16)15-7-5-6-14(8-15)18-11-22(31)26-19-9-17(23)21(29(3)4)10-20(19)25-18/h5-10,12H,11,13H2,1-4H3,(H,26,31). The van der Waals surface area contributed by atoms with Crippen LogP contribution >= 0.6 is 0 Å². The maximum atomic E-state index is 14.4. The summed E-state index contributed by atoms with van der Waals surface area (Å²) in [5, 5.41) is 11.0. The number of hydrogen-bond donors (Lipinski definition) is 1. The summed E-state index contributed by atoms with van der Waals surface area (Å²) in [5.41, 5.74) is 4.45. The number of amides is 1. The SMILES string of the molecule is CN(C)Cc1cnnn1-c1cccc(C2=Nc3cc(N(C)C)c(F)cc3NC(=O)C2)c1. The van der Waals surface area contributed by atoms with Crippen LogP contribution in [0.1, 0.15) is 17.7 Å². The van der Waals surface area contributed by atoms with Gasteiger partial charge in [-0.2, -0.15) is 0 Å². The van der Waals surface area contributed by atoms with Crippen molar-refractivity contribution in [2.45, 2.75) is 13.0 Å². The first-order chi connectivity index (χ1) is 14.8. The van der Waals surface area contributed by atoms with Crippen LogP contribution in [0.25, 0.3) is 5.69 Å². The third kappa shape index (κ3) is 4.31. The second kappa shape index (κ2) is 8.27. The largest absolute Gasteiger partial charge is 0.375 e. The Bertz CT molecular complexity index is 1170. The second-order valence-corrected chi connectivity index (χ2v) is 7.92. The summed E-state index contributed by atoms with van der Waals surface area (Å²) in [5.74, 6) is -0.654. The van der Waals surface area contributed by atoms with Crippen LogP contribution in [0.2, 0.25) is 0 Å². The summed E-state index contributed by atoms with van der Waals surface area (Å²) >= 11 is 0. The van der Waals surface area contributed by atoms with Crippen LogP contribution in [0.5, 0.6) is 0 Å². The van der Waals surface area contributed by atoms with E-state index in [-0.39, 0.29) is 12.3 Å². The van der Waals surface area contributed by atoms with Gasteiger partial charge in [0.05, 0.1) is 46.8 Å². The van der Waals surface area contributed by atoms with Crippen LogP contribution in [0.15, 0.2) is 47.6 Å². The predicted octanol–water partition coefficient (Wildman–Crippen LogP) is 3.00. The van der Waals surface area contributed by atoms with E-state index in [0.29, 0.717) is 29.3 Å². The molecular formula is C22H24FN7O. The Labute approximate surface area is 180 Å². The van der Waals surface area contributed by atoms with E-state index in [2.05, 4.69) is 15.6 Å². The van der Waals surface area contributed by atoms with Crippen LogP contribution < -0.4 is 10.2 Å². The molecule has 0 bridgehead atoms. The summed E-state index contributed by atoms with van der Waals surface area (Å²) in [7, 11) is 7.49. The summed E-state index contributed by atoms with van der Waals surface area (Å²) in [6.45, 7) is 0.687. The highest BCUT2D eigenvalue weighted by Crippen LogP contribution is 2.35. The van der Waals surface area contributed by atoms with E-state index < -0.39 is 5.82 Å². The fourth-order valence-electron chi connectivity index (χ4n) is 3.51. The summed E-state index contributed by atoms with van der Waals surface area (Å²) in [6.07, 6.45) is 1.82. The predicted molar refractivity (Wildman–Crippen MR) is 119 cm³/mol. The zero-order valence-corrected chi connectivity index (χ0v) is 17.9. The molecular weight excluding hydrogens is 397 g/mol. The molecule has 8 nitrogen and oxygen atoms in total. The Morgan fingerprint density at radius 1 is 1.16 bits per heavy atom. The molecule has 1 aromatic heterocycles. The van der Waals surface area contributed by atoms with Gasteiger partial charge < -0.3 is 15.1 Å². The van der Waals surface area contributed by atoms with Crippen molar-refractivity contribution in [1.29, 1.82) is 0 Å². The van der Waals surface area contributed by atoms with Crippen LogP contribution in [-0.2, 0) is 11.3 Å². The van der Waals surface area contributed by atoms with E-state index in [9.17, 15) is 9.18 Å². The normalized spacial score (nSPS) is 13.5. The molecule has 0 unspecified atom stereocenters. The van der Waals surface area contributed by atoms with Gasteiger partial charge >= 0.3 is 0 Å². The van der Waals surface area contributed by atoms with Crippen LogP contribution in [0.4, 0.5) is 21.5 Å². The topological polar surface area (TPSA) is 78.7 Å². The minimum atomic E-state index is -0.413. The maximum Gasteiger partial charge on any atom is 0.230 e. The summed E-state index contributed by atoms with van der Waals surface area (Å²) < 4.78 is 16.2. The first-order valence-electron chi connectivity index (χ1n) is 9.85. The van der Waals surface area contributed by atoms with E-state index in [0.717, 1.165) is 16.9 Å². The van der Waals surface area contributed by atoms with Crippen LogP contribution in [-0.4, -0.2) is 59.7 Å². The molecule has 9 heteroatoms. The fraction of sp³-hybridized carbons (Fsp3) is 0.273. The molecule has 1 aliphatic heterocycles. The van der Waals surface area contributed by atoms with E-state index in [1.807, 2.05) is 43.3 Å². The maximum absolute atomic E-state index is 14.4. The van der Waals surface area contributed by atoms with Gasteiger partial charge in [-0.15, -0.1) is 5.10 Å². The van der Waals surface area contributed by atoms with Crippen molar-refractivity contribution < 1.29 is 9.18 Å². The number of benzene rings is 2. The smallest absolute Gasteiger partial charge is 0.230 e. The highest BCUT2D eigenvalue weighted by molar-refractivity contribution is 6.17. The van der Waals surface area contributed by atoms with Crippen molar-refractivity contribution in [3.05, 3.63) is 59.7 Å². The van der Waals surface area contributed by atoms with Crippen LogP contribution in [0, 0.1) is 5.82 Å². The van der Waals surface area contributed by atoms with Crippen molar-refractivity contribution in [2.75, 3.05) is 38.4 Å². The highest BCUT2D eigenvalue weighted by atomic mass is 19.1. The Balaban J connectivity index is 1.77. The highest BCUT2D eigenvalue weighted by Gasteiger charge is 2.20. The molecule has 0 aliphatic carbocycles. The number of carbonyl (C=O) groups excluding carboxylic acids is 1. The van der Waals surface area contributed by atoms with Gasteiger partial charge in [-0.05, 0) is 37.9 Å². The van der Waals surface area contributed by atoms with Gasteiger partial charge in [-0.25, -0.2) is 9.07 Å². The summed E-state index contributed by atoms with van der Waals surface area (Å²) in [6, 6.07) is 10.6. The van der Waals surface area contributed by atoms with Crippen molar-refractivity contribution >= 4 is 28.7 Å². The van der Waals surface area contributed by atoms with Gasteiger partial charge in [0.15, 0.2) is 0 Å². The van der Waals surface area contributed by atoms with E-state index >= 15 is 0 Å². The Kier molecular flexibility index (Phi) is 5.51. The van der Waals surface area contributed by atoms with E-state index in [1.54, 1.807) is 35.9 Å². The monoisotopic (exact) mass is 421 g/mol. The zero-order chi connectivity index (χ0) is 22.1. The number of halogens is 1. The van der Waals surface area contributed by atoms with E-state index in [1.165, 1.54) is 6.07 Å². The molecule has 2 heterocycles. The van der Waals surface area contributed by atoms with Gasteiger partial charge in [-0.3, -0.25) is 9.79 Å². The molecule has 31 heavy (non-hydrogen) atoms. The molecule has 3 aromatic rings. The molecule has 0 atom stereocenters. The van der Waals surface area contributed by atoms with Gasteiger partial charge in [0.2, 0.25) is 5.91 Å². The number of fused-ring (bicyclic) bond motifs is 1. The summed E-state index contributed by atoms with van der Waals surface area (Å²) in [4.78, 5) is 20.9. The van der Waals surface area contributed by atoms with E-state index in [4.69, 9.17) is 4.99 Å². The molecule has 160 valence electrons.